The number of unbranched alkanes of at least 4 members (excludes halogenated alkanes) is 2. The highest BCUT2D eigenvalue weighted by molar-refractivity contribution is 7.98. The molecule has 0 aliphatic carbocycles. The number of hydrogen-bond donors (Lipinski definition) is 1. The zero-order valence-corrected chi connectivity index (χ0v) is 11.1. The normalized spacial score (nSPS) is 11.8. The molecule has 0 aliphatic rings. The first-order valence-electron chi connectivity index (χ1n) is 5.92. The van der Waals surface area contributed by atoms with Crippen molar-refractivity contribution in [3.63, 3.8) is 0 Å². The number of thioether (sulfide) groups is 1. The van der Waals surface area contributed by atoms with E-state index in [0.717, 1.165) is 19.3 Å². The molecule has 0 aromatic rings. The van der Waals surface area contributed by atoms with Crippen LogP contribution in [0.4, 0.5) is 0 Å². The van der Waals surface area contributed by atoms with Gasteiger partial charge in [0.15, 0.2) is 0 Å². The number of nitrogens with one attached hydrogen (secondary N) is 1. The number of hydrogen-bond acceptors (Lipinski definition) is 3. The lowest BCUT2D eigenvalue weighted by molar-refractivity contribution is -0.123. The third-order valence-electron chi connectivity index (χ3n) is 2.37. The van der Waals surface area contributed by atoms with Gasteiger partial charge in [-0.15, -0.1) is 0 Å². The Balaban J connectivity index is 3.53. The van der Waals surface area contributed by atoms with Crippen molar-refractivity contribution in [2.45, 2.75) is 39.0 Å². The minimum absolute atomic E-state index is 0.103. The van der Waals surface area contributed by atoms with Gasteiger partial charge in [0.25, 0.3) is 0 Å². The van der Waals surface area contributed by atoms with E-state index in [1.807, 2.05) is 24.8 Å². The van der Waals surface area contributed by atoms with Gasteiger partial charge in [-0.3, -0.25) is 4.79 Å². The van der Waals surface area contributed by atoms with Crippen molar-refractivity contribution in [2.24, 2.45) is 5.92 Å². The SMILES string of the molecule is CCCC(C#N)C(=O)NCCCCCSC. The van der Waals surface area contributed by atoms with Gasteiger partial charge < -0.3 is 5.32 Å². The maximum Gasteiger partial charge on any atom is 0.237 e. The Labute approximate surface area is 103 Å². The quantitative estimate of drug-likeness (QED) is 0.632. The molecule has 0 heterocycles. The standard InChI is InChI=1S/C12H22N2OS/c1-3-7-11(10-13)12(15)14-8-5-4-6-9-16-2/h11H,3-9H2,1-2H3,(H,14,15). The van der Waals surface area contributed by atoms with Crippen LogP contribution < -0.4 is 5.32 Å². The summed E-state index contributed by atoms with van der Waals surface area (Å²) in [5, 5.41) is 11.6. The Bertz CT molecular complexity index is 226. The van der Waals surface area contributed by atoms with Gasteiger partial charge in [-0.25, -0.2) is 0 Å². The minimum Gasteiger partial charge on any atom is -0.355 e. The third-order valence-corrected chi connectivity index (χ3v) is 3.07. The molecule has 0 fully saturated rings. The minimum atomic E-state index is -0.462. The van der Waals surface area contributed by atoms with Gasteiger partial charge in [0.2, 0.25) is 5.91 Å². The van der Waals surface area contributed by atoms with Gasteiger partial charge in [0.05, 0.1) is 6.07 Å². The van der Waals surface area contributed by atoms with E-state index >= 15 is 0 Å². The highest BCUT2D eigenvalue weighted by Gasteiger charge is 2.15. The molecular formula is C12H22N2OS. The first kappa shape index (κ1) is 15.3. The van der Waals surface area contributed by atoms with Gasteiger partial charge in [0, 0.05) is 6.54 Å². The zero-order chi connectivity index (χ0) is 12.2. The van der Waals surface area contributed by atoms with E-state index in [0.29, 0.717) is 13.0 Å². The summed E-state index contributed by atoms with van der Waals surface area (Å²) < 4.78 is 0. The largest absolute Gasteiger partial charge is 0.355 e. The van der Waals surface area contributed by atoms with Crippen LogP contribution in [0.1, 0.15) is 39.0 Å². The van der Waals surface area contributed by atoms with Crippen molar-refractivity contribution in [2.75, 3.05) is 18.6 Å². The van der Waals surface area contributed by atoms with Gasteiger partial charge >= 0.3 is 0 Å². The van der Waals surface area contributed by atoms with E-state index in [1.165, 1.54) is 12.2 Å². The summed E-state index contributed by atoms with van der Waals surface area (Å²) >= 11 is 1.85. The Morgan fingerprint density at radius 1 is 1.44 bits per heavy atom. The Hall–Kier alpha value is -0.690. The van der Waals surface area contributed by atoms with Crippen LogP contribution in [0.3, 0.4) is 0 Å². The maximum absolute atomic E-state index is 11.5. The lowest BCUT2D eigenvalue weighted by Gasteiger charge is -2.08. The predicted molar refractivity (Wildman–Crippen MR) is 69.3 cm³/mol. The molecule has 92 valence electrons. The van der Waals surface area contributed by atoms with Gasteiger partial charge in [0.1, 0.15) is 5.92 Å². The van der Waals surface area contributed by atoms with E-state index in [1.54, 1.807) is 0 Å². The molecule has 16 heavy (non-hydrogen) atoms. The van der Waals surface area contributed by atoms with Crippen LogP contribution in [0.2, 0.25) is 0 Å². The van der Waals surface area contributed by atoms with Crippen LogP contribution in [0.15, 0.2) is 0 Å². The molecule has 4 heteroatoms. The summed E-state index contributed by atoms with van der Waals surface area (Å²) in [6.07, 6.45) is 6.99. The lowest BCUT2D eigenvalue weighted by atomic mass is 10.0. The number of rotatable bonds is 9. The molecular weight excluding hydrogens is 220 g/mol. The van der Waals surface area contributed by atoms with Gasteiger partial charge in [-0.1, -0.05) is 19.8 Å². The highest BCUT2D eigenvalue weighted by atomic mass is 32.2. The summed E-state index contributed by atoms with van der Waals surface area (Å²) in [5.41, 5.74) is 0. The zero-order valence-electron chi connectivity index (χ0n) is 10.3. The number of amides is 1. The summed E-state index contributed by atoms with van der Waals surface area (Å²) in [7, 11) is 0. The van der Waals surface area contributed by atoms with Crippen molar-refractivity contribution in [3.05, 3.63) is 0 Å². The van der Waals surface area contributed by atoms with Crippen LogP contribution in [0.5, 0.6) is 0 Å². The fraction of sp³-hybridized carbons (Fsp3) is 0.833. The van der Waals surface area contributed by atoms with E-state index in [-0.39, 0.29) is 5.91 Å². The molecule has 0 rings (SSSR count). The average Bonchev–Trinajstić information content (AvgIpc) is 2.30. The molecule has 1 atom stereocenters. The number of carbonyl (C=O) groups is 1. The smallest absolute Gasteiger partial charge is 0.237 e. The second kappa shape index (κ2) is 10.8. The summed E-state index contributed by atoms with van der Waals surface area (Å²) in [6, 6.07) is 2.05. The van der Waals surface area contributed by atoms with Crippen molar-refractivity contribution in [1.82, 2.24) is 5.32 Å². The van der Waals surface area contributed by atoms with Gasteiger partial charge in [-0.05, 0) is 31.3 Å². The molecule has 0 bridgehead atoms. The fourth-order valence-electron chi connectivity index (χ4n) is 1.43. The third kappa shape index (κ3) is 7.58. The molecule has 0 radical (unpaired) electrons. The van der Waals surface area contributed by atoms with Gasteiger partial charge in [-0.2, -0.15) is 17.0 Å². The molecule has 0 aliphatic heterocycles. The molecule has 0 saturated heterocycles. The molecule has 0 spiro atoms. The van der Waals surface area contributed by atoms with E-state index < -0.39 is 5.92 Å². The lowest BCUT2D eigenvalue weighted by Crippen LogP contribution is -2.30. The summed E-state index contributed by atoms with van der Waals surface area (Å²) in [5.74, 6) is 0.621. The Kier molecular flexibility index (Phi) is 10.3. The van der Waals surface area contributed by atoms with E-state index in [4.69, 9.17) is 5.26 Å². The maximum atomic E-state index is 11.5. The van der Waals surface area contributed by atoms with Crippen molar-refractivity contribution in [1.29, 1.82) is 5.26 Å². The second-order valence-corrected chi connectivity index (χ2v) is 4.80. The average molecular weight is 242 g/mol. The Morgan fingerprint density at radius 2 is 2.19 bits per heavy atom. The number of carbonyl (C=O) groups excluding carboxylic acids is 1. The molecule has 0 aromatic carbocycles. The summed E-state index contributed by atoms with van der Waals surface area (Å²) in [4.78, 5) is 11.5. The molecule has 0 saturated carbocycles. The second-order valence-electron chi connectivity index (χ2n) is 3.81. The van der Waals surface area contributed by atoms with Crippen molar-refractivity contribution >= 4 is 17.7 Å². The highest BCUT2D eigenvalue weighted by Crippen LogP contribution is 2.05. The predicted octanol–water partition coefficient (Wildman–Crippen LogP) is 2.58. The van der Waals surface area contributed by atoms with Crippen LogP contribution in [0, 0.1) is 17.2 Å². The van der Waals surface area contributed by atoms with Crippen molar-refractivity contribution < 1.29 is 4.79 Å². The molecule has 1 amide bonds. The molecule has 0 aromatic heterocycles. The van der Waals surface area contributed by atoms with Crippen molar-refractivity contribution in [3.8, 4) is 6.07 Å². The number of nitriles is 1. The number of nitrogens with zero attached hydrogens (tertiary/aromatic N) is 1. The van der Waals surface area contributed by atoms with E-state index in [2.05, 4.69) is 11.6 Å². The molecule has 1 N–H and O–H groups in total. The van der Waals surface area contributed by atoms with Crippen LogP contribution in [-0.4, -0.2) is 24.5 Å². The first-order chi connectivity index (χ1) is 7.76. The van der Waals surface area contributed by atoms with Crippen LogP contribution in [0.25, 0.3) is 0 Å². The monoisotopic (exact) mass is 242 g/mol. The molecule has 3 nitrogen and oxygen atoms in total. The van der Waals surface area contributed by atoms with E-state index in [9.17, 15) is 4.79 Å². The summed E-state index contributed by atoms with van der Waals surface area (Å²) in [6.45, 7) is 2.69. The van der Waals surface area contributed by atoms with Crippen LogP contribution >= 0.6 is 11.8 Å². The topological polar surface area (TPSA) is 52.9 Å². The van der Waals surface area contributed by atoms with Crippen LogP contribution in [-0.2, 0) is 4.79 Å². The Morgan fingerprint density at radius 3 is 2.75 bits per heavy atom. The first-order valence-corrected chi connectivity index (χ1v) is 7.31. The fourth-order valence-corrected chi connectivity index (χ4v) is 1.92. The molecule has 1 unspecified atom stereocenters.